The summed E-state index contributed by atoms with van der Waals surface area (Å²) in [6, 6.07) is 8.78. The predicted molar refractivity (Wildman–Crippen MR) is 74.7 cm³/mol. The molecule has 5 heteroatoms. The topological polar surface area (TPSA) is 55.6 Å². The Morgan fingerprint density at radius 3 is 2.95 bits per heavy atom. The van der Waals surface area contributed by atoms with Gasteiger partial charge in [0.05, 0.1) is 0 Å². The van der Waals surface area contributed by atoms with E-state index in [9.17, 15) is 0 Å². The lowest BCUT2D eigenvalue weighted by molar-refractivity contribution is 0.642. The Morgan fingerprint density at radius 2 is 2.26 bits per heavy atom. The molecule has 1 aromatic heterocycles. The van der Waals surface area contributed by atoms with E-state index < -0.39 is 0 Å². The van der Waals surface area contributed by atoms with Gasteiger partial charge in [-0.2, -0.15) is 0 Å². The molecule has 0 aliphatic heterocycles. The van der Waals surface area contributed by atoms with E-state index in [1.807, 2.05) is 19.2 Å². The Morgan fingerprint density at radius 1 is 1.42 bits per heavy atom. The minimum atomic E-state index is 0.514. The first kappa shape index (κ1) is 12.1. The van der Waals surface area contributed by atoms with Gasteiger partial charge in [0.1, 0.15) is 0 Å². The van der Waals surface area contributed by atoms with Crippen LogP contribution in [0.5, 0.6) is 0 Å². The van der Waals surface area contributed by atoms with Crippen molar-refractivity contribution in [3.63, 3.8) is 0 Å². The summed E-state index contributed by atoms with van der Waals surface area (Å²) in [4.78, 5) is 0. The van der Waals surface area contributed by atoms with Crippen molar-refractivity contribution >= 4 is 5.69 Å². The minimum absolute atomic E-state index is 0.514. The predicted octanol–water partition coefficient (Wildman–Crippen LogP) is 2.48. The summed E-state index contributed by atoms with van der Waals surface area (Å²) in [5.74, 6) is 1.73. The number of rotatable bonds is 5. The van der Waals surface area contributed by atoms with Crippen molar-refractivity contribution in [2.45, 2.75) is 32.2 Å². The van der Waals surface area contributed by atoms with Gasteiger partial charge >= 0.3 is 0 Å². The number of benzene rings is 1. The van der Waals surface area contributed by atoms with Crippen molar-refractivity contribution in [2.75, 3.05) is 5.32 Å². The maximum absolute atomic E-state index is 4.04. The SMILES string of the molecule is CC(CC1CC1)Nc1cccc(-c2nnnn2C)c1. The third kappa shape index (κ3) is 2.92. The van der Waals surface area contributed by atoms with Crippen molar-refractivity contribution < 1.29 is 0 Å². The van der Waals surface area contributed by atoms with E-state index in [2.05, 4.69) is 39.9 Å². The van der Waals surface area contributed by atoms with Crippen LogP contribution in [0.1, 0.15) is 26.2 Å². The Kier molecular flexibility index (Phi) is 3.19. The number of aromatic nitrogens is 4. The number of aryl methyl sites for hydroxylation is 1. The lowest BCUT2D eigenvalue weighted by atomic mass is 10.1. The van der Waals surface area contributed by atoms with Crippen LogP contribution in [-0.2, 0) is 7.05 Å². The second-order valence-corrected chi connectivity index (χ2v) is 5.43. The summed E-state index contributed by atoms with van der Waals surface area (Å²) < 4.78 is 1.69. The zero-order valence-electron chi connectivity index (χ0n) is 11.4. The largest absolute Gasteiger partial charge is 0.383 e. The number of hydrogen-bond acceptors (Lipinski definition) is 4. The molecule has 1 atom stereocenters. The van der Waals surface area contributed by atoms with Gasteiger partial charge in [-0.1, -0.05) is 25.0 Å². The first-order valence-corrected chi connectivity index (χ1v) is 6.81. The lowest BCUT2D eigenvalue weighted by Gasteiger charge is -2.15. The number of nitrogens with zero attached hydrogens (tertiary/aromatic N) is 4. The molecular weight excluding hydrogens is 238 g/mol. The highest BCUT2D eigenvalue weighted by Gasteiger charge is 2.23. The Hall–Kier alpha value is -1.91. The number of nitrogens with one attached hydrogen (secondary N) is 1. The van der Waals surface area contributed by atoms with Gasteiger partial charge in [-0.3, -0.25) is 0 Å². The van der Waals surface area contributed by atoms with Gasteiger partial charge in [-0.05, 0) is 41.8 Å². The standard InChI is InChI=1S/C14H19N5/c1-10(8-11-6-7-11)15-13-5-3-4-12(9-13)14-16-17-18-19(14)2/h3-5,9-11,15H,6-8H2,1-2H3. The lowest BCUT2D eigenvalue weighted by Crippen LogP contribution is -2.15. The van der Waals surface area contributed by atoms with Gasteiger partial charge in [0.15, 0.2) is 5.82 Å². The van der Waals surface area contributed by atoms with Crippen LogP contribution in [-0.4, -0.2) is 26.2 Å². The second kappa shape index (κ2) is 4.99. The molecule has 0 saturated heterocycles. The Bertz CT molecular complexity index is 558. The van der Waals surface area contributed by atoms with Gasteiger partial charge in [-0.25, -0.2) is 4.68 Å². The van der Waals surface area contributed by atoms with Crippen molar-refractivity contribution in [3.05, 3.63) is 24.3 Å². The molecule has 1 heterocycles. The van der Waals surface area contributed by atoms with Crippen LogP contribution < -0.4 is 5.32 Å². The summed E-state index contributed by atoms with van der Waals surface area (Å²) in [6.45, 7) is 2.24. The van der Waals surface area contributed by atoms with Crippen molar-refractivity contribution in [3.8, 4) is 11.4 Å². The van der Waals surface area contributed by atoms with Gasteiger partial charge in [0, 0.05) is 24.3 Å². The van der Waals surface area contributed by atoms with E-state index in [0.29, 0.717) is 6.04 Å². The van der Waals surface area contributed by atoms with Crippen LogP contribution in [0.4, 0.5) is 5.69 Å². The molecule has 1 aliphatic rings. The molecular formula is C14H19N5. The first-order chi connectivity index (χ1) is 9.22. The van der Waals surface area contributed by atoms with Crippen LogP contribution in [0.3, 0.4) is 0 Å². The van der Waals surface area contributed by atoms with E-state index in [4.69, 9.17) is 0 Å². The molecule has 1 saturated carbocycles. The van der Waals surface area contributed by atoms with Crippen molar-refractivity contribution in [1.82, 2.24) is 20.2 Å². The number of anilines is 1. The van der Waals surface area contributed by atoms with Crippen LogP contribution in [0.15, 0.2) is 24.3 Å². The van der Waals surface area contributed by atoms with E-state index in [1.165, 1.54) is 19.3 Å². The number of hydrogen-bond donors (Lipinski definition) is 1. The fourth-order valence-electron chi connectivity index (χ4n) is 2.42. The summed E-state index contributed by atoms with van der Waals surface area (Å²) in [7, 11) is 1.85. The molecule has 100 valence electrons. The van der Waals surface area contributed by atoms with E-state index in [0.717, 1.165) is 23.0 Å². The van der Waals surface area contributed by atoms with E-state index in [1.54, 1.807) is 4.68 Å². The van der Waals surface area contributed by atoms with Gasteiger partial charge in [0.25, 0.3) is 0 Å². The highest BCUT2D eigenvalue weighted by Crippen LogP contribution is 2.34. The van der Waals surface area contributed by atoms with Crippen molar-refractivity contribution in [2.24, 2.45) is 13.0 Å². The van der Waals surface area contributed by atoms with Gasteiger partial charge in [-0.15, -0.1) is 5.10 Å². The zero-order valence-corrected chi connectivity index (χ0v) is 11.4. The van der Waals surface area contributed by atoms with Crippen LogP contribution in [0.2, 0.25) is 0 Å². The molecule has 3 rings (SSSR count). The van der Waals surface area contributed by atoms with Crippen molar-refractivity contribution in [1.29, 1.82) is 0 Å². The van der Waals surface area contributed by atoms with Crippen LogP contribution in [0, 0.1) is 5.92 Å². The molecule has 0 radical (unpaired) electrons. The van der Waals surface area contributed by atoms with E-state index >= 15 is 0 Å². The molecule has 1 unspecified atom stereocenters. The highest BCUT2D eigenvalue weighted by atomic mass is 15.5. The summed E-state index contributed by atoms with van der Waals surface area (Å²) in [5.41, 5.74) is 2.17. The zero-order chi connectivity index (χ0) is 13.2. The average molecular weight is 257 g/mol. The third-order valence-electron chi connectivity index (χ3n) is 3.54. The highest BCUT2D eigenvalue weighted by molar-refractivity contribution is 5.62. The molecule has 5 nitrogen and oxygen atoms in total. The second-order valence-electron chi connectivity index (χ2n) is 5.43. The van der Waals surface area contributed by atoms with Crippen LogP contribution >= 0.6 is 0 Å². The maximum atomic E-state index is 4.04. The summed E-state index contributed by atoms with van der Waals surface area (Å²) in [6.07, 6.45) is 4.06. The molecule has 1 fully saturated rings. The normalized spacial score (nSPS) is 16.3. The molecule has 1 aromatic carbocycles. The summed E-state index contributed by atoms with van der Waals surface area (Å²) in [5, 5.41) is 15.1. The van der Waals surface area contributed by atoms with Gasteiger partial charge < -0.3 is 5.32 Å². The first-order valence-electron chi connectivity index (χ1n) is 6.81. The minimum Gasteiger partial charge on any atom is -0.383 e. The maximum Gasteiger partial charge on any atom is 0.181 e. The summed E-state index contributed by atoms with van der Waals surface area (Å²) >= 11 is 0. The quantitative estimate of drug-likeness (QED) is 0.894. The molecule has 2 aromatic rings. The van der Waals surface area contributed by atoms with Gasteiger partial charge in [0.2, 0.25) is 0 Å². The molecule has 1 N–H and O–H groups in total. The van der Waals surface area contributed by atoms with E-state index in [-0.39, 0.29) is 0 Å². The molecule has 0 amide bonds. The third-order valence-corrected chi connectivity index (χ3v) is 3.54. The fraction of sp³-hybridized carbons (Fsp3) is 0.500. The number of tetrazole rings is 1. The smallest absolute Gasteiger partial charge is 0.181 e. The molecule has 0 bridgehead atoms. The molecule has 1 aliphatic carbocycles. The molecule has 0 spiro atoms. The van der Waals surface area contributed by atoms with Crippen LogP contribution in [0.25, 0.3) is 11.4 Å². The molecule has 19 heavy (non-hydrogen) atoms. The monoisotopic (exact) mass is 257 g/mol. The Balaban J connectivity index is 1.74. The average Bonchev–Trinajstić information content (AvgIpc) is 3.08. The Labute approximate surface area is 113 Å². The fourth-order valence-corrected chi connectivity index (χ4v) is 2.42.